The molecule has 2 heteroatoms. The van der Waals surface area contributed by atoms with Gasteiger partial charge in [0, 0.05) is 19.3 Å². The van der Waals surface area contributed by atoms with Gasteiger partial charge < -0.3 is 4.79 Å². The Bertz CT molecular complexity index is 394. The van der Waals surface area contributed by atoms with Gasteiger partial charge in [0.05, 0.1) is 0 Å². The van der Waals surface area contributed by atoms with Crippen LogP contribution in [0.15, 0.2) is 24.3 Å². The first kappa shape index (κ1) is 13.6. The fourth-order valence-electron chi connectivity index (χ4n) is 1.72. The number of hydrogen-bond acceptors (Lipinski definition) is 2. The van der Waals surface area contributed by atoms with E-state index in [2.05, 4.69) is 6.07 Å². The summed E-state index contributed by atoms with van der Waals surface area (Å²) in [5.41, 5.74) is 2.37. The molecule has 0 unspecified atom stereocenters. The van der Waals surface area contributed by atoms with Gasteiger partial charge in [0.1, 0.15) is 11.6 Å². The summed E-state index contributed by atoms with van der Waals surface area (Å²) in [5.74, 6) is 0.524. The van der Waals surface area contributed by atoms with Crippen LogP contribution in [0.3, 0.4) is 0 Å². The third-order valence-electron chi connectivity index (χ3n) is 2.84. The fraction of sp³-hybridized carbons (Fsp3) is 0.467. The molecule has 92 valence electrons. The van der Waals surface area contributed by atoms with E-state index in [0.29, 0.717) is 25.0 Å². The van der Waals surface area contributed by atoms with Crippen LogP contribution in [-0.2, 0) is 22.4 Å². The van der Waals surface area contributed by atoms with E-state index in [1.807, 2.05) is 25.1 Å². The monoisotopic (exact) mass is 232 g/mol. The number of benzene rings is 1. The van der Waals surface area contributed by atoms with E-state index >= 15 is 0 Å². The molecule has 0 fully saturated rings. The highest BCUT2D eigenvalue weighted by Crippen LogP contribution is 2.10. The maximum absolute atomic E-state index is 11.2. The Morgan fingerprint density at radius 1 is 1.06 bits per heavy atom. The highest BCUT2D eigenvalue weighted by molar-refractivity contribution is 5.78. The van der Waals surface area contributed by atoms with Crippen molar-refractivity contribution in [2.24, 2.45) is 0 Å². The molecule has 1 aromatic rings. The van der Waals surface area contributed by atoms with Gasteiger partial charge in [-0.25, -0.2) is 0 Å². The van der Waals surface area contributed by atoms with Crippen LogP contribution in [0.25, 0.3) is 0 Å². The van der Waals surface area contributed by atoms with Crippen LogP contribution in [0.2, 0.25) is 0 Å². The van der Waals surface area contributed by atoms with Crippen LogP contribution < -0.4 is 0 Å². The molecular weight excluding hydrogens is 212 g/mol. The van der Waals surface area contributed by atoms with E-state index in [0.717, 1.165) is 12.8 Å². The Balaban J connectivity index is 2.53. The topological polar surface area (TPSA) is 34.1 Å². The summed E-state index contributed by atoms with van der Waals surface area (Å²) in [7, 11) is 0. The van der Waals surface area contributed by atoms with E-state index in [9.17, 15) is 9.59 Å². The van der Waals surface area contributed by atoms with Crippen molar-refractivity contribution in [1.29, 1.82) is 0 Å². The highest BCUT2D eigenvalue weighted by Gasteiger charge is 2.02. The second-order valence-corrected chi connectivity index (χ2v) is 4.41. The van der Waals surface area contributed by atoms with Crippen LogP contribution in [-0.4, -0.2) is 11.6 Å². The molecule has 1 aromatic carbocycles. The first-order chi connectivity index (χ1) is 8.11. The second-order valence-electron chi connectivity index (χ2n) is 4.41. The summed E-state index contributed by atoms with van der Waals surface area (Å²) in [4.78, 5) is 22.2. The van der Waals surface area contributed by atoms with Crippen molar-refractivity contribution < 1.29 is 9.59 Å². The number of hydrogen-bond donors (Lipinski definition) is 0. The number of aryl methyl sites for hydroxylation is 2. The quantitative estimate of drug-likeness (QED) is 0.723. The molecule has 0 N–H and O–H groups in total. The highest BCUT2D eigenvalue weighted by atomic mass is 16.1. The number of carbonyl (C=O) groups excluding carboxylic acids is 2. The minimum atomic E-state index is 0.219. The van der Waals surface area contributed by atoms with Crippen LogP contribution in [0.4, 0.5) is 0 Å². The van der Waals surface area contributed by atoms with Gasteiger partial charge in [-0.3, -0.25) is 4.79 Å². The van der Waals surface area contributed by atoms with E-state index in [-0.39, 0.29) is 5.78 Å². The Hall–Kier alpha value is -1.44. The normalized spacial score (nSPS) is 10.2. The van der Waals surface area contributed by atoms with Crippen molar-refractivity contribution in [1.82, 2.24) is 0 Å². The number of ketones is 2. The smallest absolute Gasteiger partial charge is 0.132 e. The van der Waals surface area contributed by atoms with Gasteiger partial charge in [-0.1, -0.05) is 31.2 Å². The van der Waals surface area contributed by atoms with E-state index in [1.165, 1.54) is 11.1 Å². The van der Waals surface area contributed by atoms with Gasteiger partial charge in [0.25, 0.3) is 0 Å². The third-order valence-corrected chi connectivity index (χ3v) is 2.84. The van der Waals surface area contributed by atoms with Crippen LogP contribution in [0.1, 0.15) is 44.2 Å². The first-order valence-corrected chi connectivity index (χ1v) is 6.20. The Kier molecular flexibility index (Phi) is 5.61. The molecule has 1 rings (SSSR count). The van der Waals surface area contributed by atoms with E-state index in [1.54, 1.807) is 6.92 Å². The Morgan fingerprint density at radius 3 is 2.18 bits per heavy atom. The van der Waals surface area contributed by atoms with Gasteiger partial charge in [0.2, 0.25) is 0 Å². The second kappa shape index (κ2) is 7.00. The number of carbonyl (C=O) groups is 2. The lowest BCUT2D eigenvalue weighted by atomic mass is 10.0. The van der Waals surface area contributed by atoms with Gasteiger partial charge in [-0.15, -0.1) is 0 Å². The van der Waals surface area contributed by atoms with Crippen molar-refractivity contribution in [2.75, 3.05) is 0 Å². The van der Waals surface area contributed by atoms with Gasteiger partial charge in [-0.2, -0.15) is 0 Å². The lowest BCUT2D eigenvalue weighted by Crippen LogP contribution is -1.99. The van der Waals surface area contributed by atoms with Gasteiger partial charge in [0.15, 0.2) is 0 Å². The molecule has 0 saturated carbocycles. The van der Waals surface area contributed by atoms with E-state index < -0.39 is 0 Å². The Labute approximate surface area is 103 Å². The molecule has 2 nitrogen and oxygen atoms in total. The van der Waals surface area contributed by atoms with Crippen molar-refractivity contribution in [3.8, 4) is 0 Å². The van der Waals surface area contributed by atoms with Crippen LogP contribution >= 0.6 is 0 Å². The summed E-state index contributed by atoms with van der Waals surface area (Å²) in [5, 5.41) is 0. The molecule has 0 saturated heterocycles. The lowest BCUT2D eigenvalue weighted by molar-refractivity contribution is -0.119. The minimum absolute atomic E-state index is 0.219. The molecule has 0 heterocycles. The molecule has 0 aliphatic rings. The molecule has 17 heavy (non-hydrogen) atoms. The van der Waals surface area contributed by atoms with Crippen molar-refractivity contribution in [3.63, 3.8) is 0 Å². The Morgan fingerprint density at radius 2 is 1.65 bits per heavy atom. The predicted molar refractivity (Wildman–Crippen MR) is 69.1 cm³/mol. The average molecular weight is 232 g/mol. The van der Waals surface area contributed by atoms with Crippen molar-refractivity contribution in [3.05, 3.63) is 35.4 Å². The number of rotatable bonds is 7. The van der Waals surface area contributed by atoms with E-state index in [4.69, 9.17) is 0 Å². The van der Waals surface area contributed by atoms with Crippen molar-refractivity contribution >= 4 is 11.6 Å². The molecule has 0 radical (unpaired) electrons. The molecule has 0 aromatic heterocycles. The van der Waals surface area contributed by atoms with Crippen LogP contribution in [0.5, 0.6) is 0 Å². The summed E-state index contributed by atoms with van der Waals surface area (Å²) in [6, 6.07) is 8.18. The van der Waals surface area contributed by atoms with Gasteiger partial charge >= 0.3 is 0 Å². The summed E-state index contributed by atoms with van der Waals surface area (Å²) >= 11 is 0. The zero-order chi connectivity index (χ0) is 12.7. The summed E-state index contributed by atoms with van der Waals surface area (Å²) < 4.78 is 0. The molecule has 0 amide bonds. The standard InChI is InChI=1S/C15H20O2/c1-3-15(17)10-9-14-6-4-5-13(11-14)8-7-12(2)16/h4-6,11H,3,7-10H2,1-2H3. The molecular formula is C15H20O2. The lowest BCUT2D eigenvalue weighted by Gasteiger charge is -2.04. The maximum atomic E-state index is 11.2. The zero-order valence-corrected chi connectivity index (χ0v) is 10.7. The molecule has 0 bridgehead atoms. The average Bonchev–Trinajstić information content (AvgIpc) is 2.34. The first-order valence-electron chi connectivity index (χ1n) is 6.20. The largest absolute Gasteiger partial charge is 0.300 e. The summed E-state index contributed by atoms with van der Waals surface area (Å²) in [6.07, 6.45) is 3.43. The predicted octanol–water partition coefficient (Wildman–Crippen LogP) is 3.12. The van der Waals surface area contributed by atoms with Gasteiger partial charge in [-0.05, 0) is 30.9 Å². The fourth-order valence-corrected chi connectivity index (χ4v) is 1.72. The number of Topliss-reactive ketones (excluding diaryl/α,β-unsaturated/α-hetero) is 2. The van der Waals surface area contributed by atoms with Crippen LogP contribution in [0, 0.1) is 0 Å². The molecule has 0 aliphatic heterocycles. The maximum Gasteiger partial charge on any atom is 0.132 e. The van der Waals surface area contributed by atoms with Crippen molar-refractivity contribution in [2.45, 2.75) is 46.0 Å². The summed E-state index contributed by atoms with van der Waals surface area (Å²) in [6.45, 7) is 3.51. The third kappa shape index (κ3) is 5.43. The molecule has 0 aliphatic carbocycles. The zero-order valence-electron chi connectivity index (χ0n) is 10.7. The molecule has 0 atom stereocenters. The SMILES string of the molecule is CCC(=O)CCc1cccc(CCC(C)=O)c1. The molecule has 0 spiro atoms. The minimum Gasteiger partial charge on any atom is -0.300 e.